The lowest BCUT2D eigenvalue weighted by Crippen LogP contribution is -2.68. The van der Waals surface area contributed by atoms with Crippen molar-refractivity contribution in [1.29, 1.82) is 0 Å². The first-order valence-electron chi connectivity index (χ1n) is 9.32. The molecule has 4 rings (SSSR count). The highest BCUT2D eigenvalue weighted by Crippen LogP contribution is 2.20. The number of ether oxygens (including phenoxy) is 1. The molecule has 31 heavy (non-hydrogen) atoms. The third kappa shape index (κ3) is 4.33. The van der Waals surface area contributed by atoms with Crippen LogP contribution in [0.15, 0.2) is 64.0 Å². The van der Waals surface area contributed by atoms with Crippen molar-refractivity contribution in [2.75, 3.05) is 36.9 Å². The first-order chi connectivity index (χ1) is 14.9. The fourth-order valence-corrected chi connectivity index (χ4v) is 4.70. The number of esters is 1. The van der Waals surface area contributed by atoms with Crippen molar-refractivity contribution in [3.63, 3.8) is 0 Å². The van der Waals surface area contributed by atoms with Crippen LogP contribution < -0.4 is 20.3 Å². The van der Waals surface area contributed by atoms with E-state index in [2.05, 4.69) is 5.27 Å². The van der Waals surface area contributed by atoms with E-state index in [0.717, 1.165) is 0 Å². The second-order valence-corrected chi connectivity index (χ2v) is 9.06. The van der Waals surface area contributed by atoms with Crippen molar-refractivity contribution in [2.45, 2.75) is 4.90 Å². The molecule has 0 spiro atoms. The minimum Gasteiger partial charge on any atom is -0.418 e. The summed E-state index contributed by atoms with van der Waals surface area (Å²) in [5.74, 6) is -0.586. The lowest BCUT2D eigenvalue weighted by molar-refractivity contribution is -0.760. The maximum atomic E-state index is 12.9. The molecule has 12 heteroatoms. The molecule has 0 bridgehead atoms. The SMILES string of the molecule is Nc1on[n+](N2CCN(S(=O)(=O)c3ccc(Cl)cc3)CC2)c1C(=O)Oc1ccccc1. The number of anilines is 1. The Kier molecular flexibility index (Phi) is 5.81. The topological polar surface area (TPSA) is 123 Å². The molecule has 0 aliphatic carbocycles. The summed E-state index contributed by atoms with van der Waals surface area (Å²) in [6.07, 6.45) is 0. The van der Waals surface area contributed by atoms with Gasteiger partial charge in [-0.25, -0.2) is 13.2 Å². The number of aromatic nitrogens is 2. The van der Waals surface area contributed by atoms with Gasteiger partial charge in [0.25, 0.3) is 0 Å². The Morgan fingerprint density at radius 3 is 2.35 bits per heavy atom. The maximum absolute atomic E-state index is 12.9. The molecule has 1 saturated heterocycles. The van der Waals surface area contributed by atoms with Crippen LogP contribution in [0.4, 0.5) is 5.88 Å². The minimum atomic E-state index is -3.67. The molecule has 1 aliphatic rings. The molecule has 10 nitrogen and oxygen atoms in total. The Labute approximate surface area is 183 Å². The predicted molar refractivity (Wildman–Crippen MR) is 111 cm³/mol. The van der Waals surface area contributed by atoms with E-state index in [1.165, 1.54) is 33.4 Å². The maximum Gasteiger partial charge on any atom is 0.421 e. The Balaban J connectivity index is 1.48. The number of nitrogens with zero attached hydrogens (tertiary/aromatic N) is 4. The molecule has 0 unspecified atom stereocenters. The van der Waals surface area contributed by atoms with Gasteiger partial charge in [0, 0.05) is 18.1 Å². The number of para-hydroxylation sites is 1. The number of sulfonamides is 1. The zero-order valence-corrected chi connectivity index (χ0v) is 17.8. The zero-order valence-electron chi connectivity index (χ0n) is 16.2. The third-order valence-electron chi connectivity index (χ3n) is 4.73. The normalized spacial score (nSPS) is 15.1. The smallest absolute Gasteiger partial charge is 0.418 e. The molecule has 0 saturated carbocycles. The van der Waals surface area contributed by atoms with Gasteiger partial charge < -0.3 is 10.5 Å². The van der Waals surface area contributed by atoms with Gasteiger partial charge in [-0.15, -0.1) is 5.01 Å². The van der Waals surface area contributed by atoms with Crippen molar-refractivity contribution in [2.24, 2.45) is 0 Å². The van der Waals surface area contributed by atoms with Crippen LogP contribution in [-0.2, 0) is 10.0 Å². The second kappa shape index (κ2) is 8.53. The molecular weight excluding hydrogens is 446 g/mol. The number of hydrogen-bond acceptors (Lipinski definition) is 8. The molecule has 2 heterocycles. The van der Waals surface area contributed by atoms with E-state index in [0.29, 0.717) is 10.8 Å². The summed E-state index contributed by atoms with van der Waals surface area (Å²) >= 11 is 5.85. The molecule has 2 aromatic carbocycles. The molecule has 1 aromatic heterocycles. The van der Waals surface area contributed by atoms with E-state index >= 15 is 0 Å². The van der Waals surface area contributed by atoms with E-state index in [4.69, 9.17) is 26.6 Å². The van der Waals surface area contributed by atoms with Gasteiger partial charge in [-0.1, -0.05) is 29.8 Å². The standard InChI is InChI=1S/C19H18ClN5O5S/c20-14-6-8-16(9-7-14)31(27,28)24-12-10-23(11-13-24)25-17(18(21)30-22-25)19(26)29-15-4-2-1-3-5-15/h1-9H,10-13H2,(H-,21,22,26)/p+1. The van der Waals surface area contributed by atoms with Gasteiger partial charge in [0.1, 0.15) is 5.75 Å². The van der Waals surface area contributed by atoms with Gasteiger partial charge >= 0.3 is 17.5 Å². The van der Waals surface area contributed by atoms with E-state index in [9.17, 15) is 13.2 Å². The van der Waals surface area contributed by atoms with Gasteiger partial charge in [-0.05, 0) is 36.4 Å². The molecule has 1 aliphatic heterocycles. The summed E-state index contributed by atoms with van der Waals surface area (Å²) < 4.78 is 37.4. The summed E-state index contributed by atoms with van der Waals surface area (Å²) in [7, 11) is -3.67. The third-order valence-corrected chi connectivity index (χ3v) is 6.90. The molecule has 1 fully saturated rings. The minimum absolute atomic E-state index is 0.0714. The van der Waals surface area contributed by atoms with Crippen molar-refractivity contribution in [3.8, 4) is 5.75 Å². The van der Waals surface area contributed by atoms with Crippen molar-refractivity contribution >= 4 is 33.5 Å². The Morgan fingerprint density at radius 1 is 1.06 bits per heavy atom. The summed E-state index contributed by atoms with van der Waals surface area (Å²) in [5.41, 5.74) is 5.72. The average molecular weight is 465 g/mol. The van der Waals surface area contributed by atoms with Crippen molar-refractivity contribution in [3.05, 3.63) is 65.3 Å². The number of nitrogens with two attached hydrogens (primary N) is 1. The van der Waals surface area contributed by atoms with Crippen LogP contribution >= 0.6 is 11.6 Å². The molecule has 0 amide bonds. The van der Waals surface area contributed by atoms with Crippen LogP contribution in [0.1, 0.15) is 10.5 Å². The van der Waals surface area contributed by atoms with Crippen LogP contribution in [0.5, 0.6) is 5.75 Å². The molecule has 0 radical (unpaired) electrons. The number of rotatable bonds is 5. The molecule has 0 atom stereocenters. The van der Waals surface area contributed by atoms with Gasteiger partial charge in [0.2, 0.25) is 15.3 Å². The summed E-state index contributed by atoms with van der Waals surface area (Å²) in [6, 6.07) is 14.5. The lowest BCUT2D eigenvalue weighted by atomic mass is 10.3. The number of nitrogen functional groups attached to an aromatic ring is 1. The van der Waals surface area contributed by atoms with Crippen LogP contribution in [0.2, 0.25) is 5.02 Å². The first kappa shape index (κ1) is 21.1. The van der Waals surface area contributed by atoms with E-state index in [-0.39, 0.29) is 42.7 Å². The van der Waals surface area contributed by atoms with Crippen LogP contribution in [-0.4, -0.2) is 50.1 Å². The number of halogens is 1. The van der Waals surface area contributed by atoms with Crippen LogP contribution in [0, 0.1) is 0 Å². The zero-order chi connectivity index (χ0) is 22.0. The Morgan fingerprint density at radius 2 is 1.71 bits per heavy atom. The first-order valence-corrected chi connectivity index (χ1v) is 11.1. The van der Waals surface area contributed by atoms with Gasteiger partial charge in [-0.2, -0.15) is 4.31 Å². The van der Waals surface area contributed by atoms with E-state index in [1.54, 1.807) is 35.3 Å². The quantitative estimate of drug-likeness (QED) is 0.338. The largest absolute Gasteiger partial charge is 0.421 e. The number of piperazine rings is 1. The van der Waals surface area contributed by atoms with Gasteiger partial charge in [0.15, 0.2) is 0 Å². The van der Waals surface area contributed by atoms with Gasteiger partial charge in [-0.3, -0.25) is 4.52 Å². The Bertz CT molecular complexity index is 1180. The number of carbonyl (C=O) groups excluding carboxylic acids is 1. The number of benzene rings is 2. The van der Waals surface area contributed by atoms with Crippen LogP contribution in [0.3, 0.4) is 0 Å². The highest BCUT2D eigenvalue weighted by molar-refractivity contribution is 7.89. The predicted octanol–water partition coefficient (Wildman–Crippen LogP) is 1.06. The monoisotopic (exact) mass is 464 g/mol. The number of carbonyl (C=O) groups is 1. The highest BCUT2D eigenvalue weighted by atomic mass is 35.5. The molecular formula is C19H19ClN5O5S+. The fraction of sp³-hybridized carbons (Fsp3) is 0.211. The molecule has 3 aromatic rings. The summed E-state index contributed by atoms with van der Waals surface area (Å²) in [6.45, 7) is 0.875. The van der Waals surface area contributed by atoms with Crippen molar-refractivity contribution < 1.29 is 27.3 Å². The molecule has 2 N–H and O–H groups in total. The molecule has 162 valence electrons. The van der Waals surface area contributed by atoms with Crippen molar-refractivity contribution in [1.82, 2.24) is 9.58 Å². The second-order valence-electron chi connectivity index (χ2n) is 6.69. The van der Waals surface area contributed by atoms with E-state index in [1.807, 2.05) is 0 Å². The average Bonchev–Trinajstić information content (AvgIpc) is 3.16. The number of hydrogen-bond donors (Lipinski definition) is 1. The van der Waals surface area contributed by atoms with E-state index < -0.39 is 16.0 Å². The van der Waals surface area contributed by atoms with Crippen LogP contribution in [0.25, 0.3) is 0 Å². The Hall–Kier alpha value is -3.15. The highest BCUT2D eigenvalue weighted by Gasteiger charge is 2.40. The summed E-state index contributed by atoms with van der Waals surface area (Å²) in [4.78, 5) is 14.0. The summed E-state index contributed by atoms with van der Waals surface area (Å²) in [5, 5.41) is 5.94. The van der Waals surface area contributed by atoms with Gasteiger partial charge in [0.05, 0.1) is 22.8 Å². The lowest BCUT2D eigenvalue weighted by Gasteiger charge is -2.29. The fourth-order valence-electron chi connectivity index (χ4n) is 3.15.